The van der Waals surface area contributed by atoms with Crippen molar-refractivity contribution in [3.05, 3.63) is 53.5 Å². The number of rotatable bonds is 5. The van der Waals surface area contributed by atoms with Gasteiger partial charge in [-0.2, -0.15) is 0 Å². The lowest BCUT2D eigenvalue weighted by atomic mass is 10.2. The number of nitrogens with zero attached hydrogens (tertiary/aromatic N) is 1. The summed E-state index contributed by atoms with van der Waals surface area (Å²) in [4.78, 5) is 5.50. The highest BCUT2D eigenvalue weighted by molar-refractivity contribution is 7.99. The van der Waals surface area contributed by atoms with Gasteiger partial charge in [-0.1, -0.05) is 31.7 Å². The van der Waals surface area contributed by atoms with Crippen LogP contribution in [0.5, 0.6) is 0 Å². The molecule has 0 saturated carbocycles. The lowest BCUT2D eigenvalue weighted by Crippen LogP contribution is -2.21. The van der Waals surface area contributed by atoms with Gasteiger partial charge >= 0.3 is 0 Å². The van der Waals surface area contributed by atoms with E-state index in [1.165, 1.54) is 17.7 Å². The highest BCUT2D eigenvalue weighted by Gasteiger charge is 2.05. The third kappa shape index (κ3) is 4.32. The van der Waals surface area contributed by atoms with Gasteiger partial charge in [-0.05, 0) is 42.3 Å². The molecule has 0 atom stereocenters. The number of aromatic nitrogens is 1. The lowest BCUT2D eigenvalue weighted by molar-refractivity contribution is 0.587. The van der Waals surface area contributed by atoms with Crippen LogP contribution in [0.2, 0.25) is 0 Å². The Morgan fingerprint density at radius 1 is 1.25 bits per heavy atom. The monoisotopic (exact) mass is 290 g/mol. The molecular weight excluding hydrogens is 271 g/mol. The SMILES string of the molecule is Cc1cc(CNC(C)C)cnc1Sc1ccc(F)cc1. The summed E-state index contributed by atoms with van der Waals surface area (Å²) in [6.07, 6.45) is 1.90. The molecule has 0 unspecified atom stereocenters. The highest BCUT2D eigenvalue weighted by Crippen LogP contribution is 2.28. The maximum Gasteiger partial charge on any atom is 0.123 e. The van der Waals surface area contributed by atoms with Crippen molar-refractivity contribution in [2.24, 2.45) is 0 Å². The van der Waals surface area contributed by atoms with Gasteiger partial charge in [0.1, 0.15) is 10.8 Å². The van der Waals surface area contributed by atoms with Gasteiger partial charge in [0.15, 0.2) is 0 Å². The molecule has 0 fully saturated rings. The molecule has 0 saturated heterocycles. The highest BCUT2D eigenvalue weighted by atomic mass is 32.2. The second-order valence-electron chi connectivity index (χ2n) is 5.06. The summed E-state index contributed by atoms with van der Waals surface area (Å²) >= 11 is 1.56. The second-order valence-corrected chi connectivity index (χ2v) is 6.12. The van der Waals surface area contributed by atoms with Crippen LogP contribution in [-0.4, -0.2) is 11.0 Å². The Morgan fingerprint density at radius 2 is 1.95 bits per heavy atom. The second kappa shape index (κ2) is 6.86. The van der Waals surface area contributed by atoms with Crippen LogP contribution in [0.15, 0.2) is 46.5 Å². The molecule has 1 aromatic carbocycles. The van der Waals surface area contributed by atoms with Gasteiger partial charge in [0, 0.05) is 23.7 Å². The summed E-state index contributed by atoms with van der Waals surface area (Å²) in [6.45, 7) is 7.13. The predicted octanol–water partition coefficient (Wildman–Crippen LogP) is 4.18. The van der Waals surface area contributed by atoms with Crippen LogP contribution in [0.25, 0.3) is 0 Å². The van der Waals surface area contributed by atoms with Crippen molar-refractivity contribution < 1.29 is 4.39 Å². The lowest BCUT2D eigenvalue weighted by Gasteiger charge is -2.10. The van der Waals surface area contributed by atoms with E-state index < -0.39 is 0 Å². The Balaban J connectivity index is 2.07. The Hall–Kier alpha value is -1.39. The van der Waals surface area contributed by atoms with Gasteiger partial charge in [-0.25, -0.2) is 9.37 Å². The van der Waals surface area contributed by atoms with Crippen LogP contribution in [-0.2, 0) is 6.54 Å². The molecule has 0 spiro atoms. The molecule has 0 amide bonds. The number of halogens is 1. The summed E-state index contributed by atoms with van der Waals surface area (Å²) in [7, 11) is 0. The van der Waals surface area contributed by atoms with Crippen LogP contribution in [0, 0.1) is 12.7 Å². The number of hydrogen-bond donors (Lipinski definition) is 1. The van der Waals surface area contributed by atoms with E-state index in [4.69, 9.17) is 0 Å². The standard InChI is InChI=1S/C16H19FN2S/c1-11(2)18-9-13-8-12(3)16(19-10-13)20-15-6-4-14(17)5-7-15/h4-8,10-11,18H,9H2,1-3H3. The van der Waals surface area contributed by atoms with Crippen LogP contribution >= 0.6 is 11.8 Å². The zero-order valence-electron chi connectivity index (χ0n) is 12.0. The molecule has 0 radical (unpaired) electrons. The quantitative estimate of drug-likeness (QED) is 0.894. The number of pyridine rings is 1. The minimum Gasteiger partial charge on any atom is -0.310 e. The fraction of sp³-hybridized carbons (Fsp3) is 0.312. The van der Waals surface area contributed by atoms with E-state index in [9.17, 15) is 4.39 Å². The van der Waals surface area contributed by atoms with Crippen LogP contribution in [0.1, 0.15) is 25.0 Å². The minimum absolute atomic E-state index is 0.214. The fourth-order valence-corrected chi connectivity index (χ4v) is 2.58. The normalized spacial score (nSPS) is 11.1. The molecule has 1 N–H and O–H groups in total. The first kappa shape index (κ1) is 15.0. The van der Waals surface area contributed by atoms with Crippen LogP contribution < -0.4 is 5.32 Å². The number of benzene rings is 1. The van der Waals surface area contributed by atoms with E-state index in [1.807, 2.05) is 6.20 Å². The third-order valence-corrected chi connectivity index (χ3v) is 3.96. The molecule has 0 aliphatic heterocycles. The zero-order valence-corrected chi connectivity index (χ0v) is 12.8. The van der Waals surface area contributed by atoms with E-state index in [0.29, 0.717) is 6.04 Å². The zero-order chi connectivity index (χ0) is 14.5. The van der Waals surface area contributed by atoms with Crippen molar-refractivity contribution in [2.75, 3.05) is 0 Å². The third-order valence-electron chi connectivity index (χ3n) is 2.83. The topological polar surface area (TPSA) is 24.9 Å². The van der Waals surface area contributed by atoms with Crippen molar-refractivity contribution in [3.8, 4) is 0 Å². The summed E-state index contributed by atoms with van der Waals surface area (Å²) in [5.74, 6) is -0.214. The van der Waals surface area contributed by atoms with E-state index in [2.05, 4.69) is 37.1 Å². The molecule has 0 aliphatic carbocycles. The molecule has 0 bridgehead atoms. The van der Waals surface area contributed by atoms with Gasteiger partial charge in [0.25, 0.3) is 0 Å². The number of nitrogens with one attached hydrogen (secondary N) is 1. The molecule has 2 rings (SSSR count). The smallest absolute Gasteiger partial charge is 0.123 e. The van der Waals surface area contributed by atoms with Gasteiger partial charge in [0.2, 0.25) is 0 Å². The first-order valence-electron chi connectivity index (χ1n) is 6.67. The molecule has 2 aromatic rings. The molecule has 1 aromatic heterocycles. The molecule has 4 heteroatoms. The largest absolute Gasteiger partial charge is 0.310 e. The predicted molar refractivity (Wildman–Crippen MR) is 81.5 cm³/mol. The van der Waals surface area contributed by atoms with E-state index in [-0.39, 0.29) is 5.82 Å². The Labute approximate surface area is 123 Å². The van der Waals surface area contributed by atoms with Crippen molar-refractivity contribution in [1.82, 2.24) is 10.3 Å². The van der Waals surface area contributed by atoms with Crippen LogP contribution in [0.3, 0.4) is 0 Å². The summed E-state index contributed by atoms with van der Waals surface area (Å²) in [6, 6.07) is 9.10. The van der Waals surface area contributed by atoms with Gasteiger partial charge in [-0.15, -0.1) is 0 Å². The van der Waals surface area contributed by atoms with Crippen molar-refractivity contribution in [1.29, 1.82) is 0 Å². The molecule has 0 aliphatic rings. The molecule has 20 heavy (non-hydrogen) atoms. The van der Waals surface area contributed by atoms with Crippen molar-refractivity contribution in [2.45, 2.75) is 43.3 Å². The Bertz CT molecular complexity index is 567. The fourth-order valence-electron chi connectivity index (χ4n) is 1.76. The molecule has 2 nitrogen and oxygen atoms in total. The average molecular weight is 290 g/mol. The Morgan fingerprint density at radius 3 is 2.55 bits per heavy atom. The number of hydrogen-bond acceptors (Lipinski definition) is 3. The maximum atomic E-state index is 12.9. The Kier molecular flexibility index (Phi) is 5.15. The van der Waals surface area contributed by atoms with Crippen LogP contribution in [0.4, 0.5) is 4.39 Å². The van der Waals surface area contributed by atoms with E-state index in [0.717, 1.165) is 22.0 Å². The average Bonchev–Trinajstić information content (AvgIpc) is 2.41. The van der Waals surface area contributed by atoms with Gasteiger partial charge in [0.05, 0.1) is 0 Å². The van der Waals surface area contributed by atoms with E-state index >= 15 is 0 Å². The van der Waals surface area contributed by atoms with Crippen molar-refractivity contribution in [3.63, 3.8) is 0 Å². The summed E-state index contributed by atoms with van der Waals surface area (Å²) in [5.41, 5.74) is 2.32. The first-order chi connectivity index (χ1) is 9.54. The summed E-state index contributed by atoms with van der Waals surface area (Å²) in [5, 5.41) is 4.34. The molecular formula is C16H19FN2S. The van der Waals surface area contributed by atoms with E-state index in [1.54, 1.807) is 23.9 Å². The number of aryl methyl sites for hydroxylation is 1. The molecule has 106 valence electrons. The van der Waals surface area contributed by atoms with Crippen molar-refractivity contribution >= 4 is 11.8 Å². The van der Waals surface area contributed by atoms with Gasteiger partial charge < -0.3 is 5.32 Å². The molecule has 1 heterocycles. The maximum absolute atomic E-state index is 12.9. The summed E-state index contributed by atoms with van der Waals surface area (Å²) < 4.78 is 12.9. The first-order valence-corrected chi connectivity index (χ1v) is 7.48. The van der Waals surface area contributed by atoms with Gasteiger partial charge in [-0.3, -0.25) is 0 Å². The minimum atomic E-state index is -0.214.